The molecule has 1 saturated heterocycles. The van der Waals surface area contributed by atoms with Crippen LogP contribution in [0.4, 0.5) is 0 Å². The number of carboxylic acid groups (broad SMARTS) is 1. The van der Waals surface area contributed by atoms with Crippen LogP contribution in [0.3, 0.4) is 0 Å². The molecule has 8 heteroatoms. The second kappa shape index (κ2) is 7.03. The molecule has 1 aromatic heterocycles. The van der Waals surface area contributed by atoms with E-state index in [1.54, 1.807) is 37.3 Å². The summed E-state index contributed by atoms with van der Waals surface area (Å²) in [6, 6.07) is 10.8. The largest absolute Gasteiger partial charge is 0.480 e. The molecule has 7 nitrogen and oxygen atoms in total. The minimum absolute atomic E-state index is 0.138. The first kappa shape index (κ1) is 19.5. The van der Waals surface area contributed by atoms with Crippen LogP contribution in [0.25, 0.3) is 0 Å². The van der Waals surface area contributed by atoms with Gasteiger partial charge in [-0.2, -0.15) is 4.31 Å². The molecule has 1 aromatic carbocycles. The molecule has 0 bridgehead atoms. The fourth-order valence-corrected chi connectivity index (χ4v) is 5.00. The summed E-state index contributed by atoms with van der Waals surface area (Å²) >= 11 is 0. The summed E-state index contributed by atoms with van der Waals surface area (Å²) in [5.41, 5.74) is 0.328. The summed E-state index contributed by atoms with van der Waals surface area (Å²) in [6.07, 6.45) is 0.365. The van der Waals surface area contributed by atoms with Gasteiger partial charge in [-0.05, 0) is 51.1 Å². The number of hydrogen-bond donors (Lipinski definition) is 2. The maximum absolute atomic E-state index is 13.1. The summed E-state index contributed by atoms with van der Waals surface area (Å²) < 4.78 is 27.4. The SMILES string of the molecule is Cc1ccc(S(=O)(=O)N(C)C2CCN[C@@]2(C(=O)O)c2cccc(C)n2)cc1. The number of benzene rings is 1. The summed E-state index contributed by atoms with van der Waals surface area (Å²) in [5.74, 6) is -1.14. The Hall–Kier alpha value is -2.29. The zero-order valence-electron chi connectivity index (χ0n) is 15.5. The second-order valence-electron chi connectivity index (χ2n) is 6.84. The standard InChI is InChI=1S/C19H23N3O4S/c1-13-7-9-15(10-8-13)27(25,26)22(3)17-11-12-20-19(17,18(23)24)16-6-4-5-14(2)21-16/h4-10,17,20H,11-12H2,1-3H3,(H,23,24)/t17?,19-/m0/s1. The number of aliphatic carboxylic acids is 1. The first-order valence-corrected chi connectivity index (χ1v) is 10.1. The maximum Gasteiger partial charge on any atom is 0.331 e. The van der Waals surface area contributed by atoms with Crippen LogP contribution >= 0.6 is 0 Å². The van der Waals surface area contributed by atoms with Gasteiger partial charge in [0.2, 0.25) is 10.0 Å². The van der Waals surface area contributed by atoms with E-state index in [0.717, 1.165) is 9.87 Å². The van der Waals surface area contributed by atoms with E-state index in [1.807, 2.05) is 6.92 Å². The van der Waals surface area contributed by atoms with Gasteiger partial charge in [0.05, 0.1) is 16.6 Å². The number of likely N-dealkylation sites (N-methyl/N-ethyl adjacent to an activating group) is 1. The van der Waals surface area contributed by atoms with E-state index in [9.17, 15) is 18.3 Å². The lowest BCUT2D eigenvalue weighted by Gasteiger charge is -2.36. The molecule has 2 aromatic rings. The van der Waals surface area contributed by atoms with E-state index in [0.29, 0.717) is 24.4 Å². The Morgan fingerprint density at radius 2 is 1.89 bits per heavy atom. The molecule has 0 amide bonds. The van der Waals surface area contributed by atoms with Crippen molar-refractivity contribution in [1.82, 2.24) is 14.6 Å². The fourth-order valence-electron chi connectivity index (χ4n) is 3.59. The number of rotatable bonds is 5. The van der Waals surface area contributed by atoms with Crippen molar-refractivity contribution >= 4 is 16.0 Å². The van der Waals surface area contributed by atoms with Gasteiger partial charge in [0.25, 0.3) is 0 Å². The minimum atomic E-state index is -3.86. The van der Waals surface area contributed by atoms with E-state index in [2.05, 4.69) is 10.3 Å². The first-order chi connectivity index (χ1) is 12.7. The average molecular weight is 389 g/mol. The smallest absolute Gasteiger partial charge is 0.331 e. The van der Waals surface area contributed by atoms with Crippen molar-refractivity contribution in [1.29, 1.82) is 0 Å². The number of hydrogen-bond acceptors (Lipinski definition) is 5. The molecule has 1 aliphatic heterocycles. The van der Waals surface area contributed by atoms with Gasteiger partial charge in [0.1, 0.15) is 0 Å². The Morgan fingerprint density at radius 1 is 1.22 bits per heavy atom. The lowest BCUT2D eigenvalue weighted by molar-refractivity contribution is -0.146. The molecule has 1 unspecified atom stereocenters. The number of carboxylic acids is 1. The molecule has 0 spiro atoms. The summed E-state index contributed by atoms with van der Waals surface area (Å²) in [6.45, 7) is 4.02. The van der Waals surface area contributed by atoms with Gasteiger partial charge >= 0.3 is 5.97 Å². The molecule has 0 aliphatic carbocycles. The van der Waals surface area contributed by atoms with E-state index >= 15 is 0 Å². The molecule has 2 heterocycles. The Morgan fingerprint density at radius 3 is 2.48 bits per heavy atom. The summed E-state index contributed by atoms with van der Waals surface area (Å²) in [5, 5.41) is 13.1. The lowest BCUT2D eigenvalue weighted by atomic mass is 9.87. The molecule has 2 atom stereocenters. The number of carbonyl (C=O) groups is 1. The molecular weight excluding hydrogens is 366 g/mol. The second-order valence-corrected chi connectivity index (χ2v) is 8.84. The molecule has 144 valence electrons. The predicted molar refractivity (Wildman–Crippen MR) is 101 cm³/mol. The molecule has 27 heavy (non-hydrogen) atoms. The number of nitrogens with zero attached hydrogens (tertiary/aromatic N) is 2. The van der Waals surface area contributed by atoms with Gasteiger partial charge < -0.3 is 5.11 Å². The highest BCUT2D eigenvalue weighted by atomic mass is 32.2. The Kier molecular flexibility index (Phi) is 5.07. The molecule has 1 aliphatic rings. The Labute approximate surface area is 159 Å². The van der Waals surface area contributed by atoms with E-state index in [4.69, 9.17) is 0 Å². The highest BCUT2D eigenvalue weighted by Gasteiger charge is 2.55. The average Bonchev–Trinajstić information content (AvgIpc) is 3.07. The summed E-state index contributed by atoms with van der Waals surface area (Å²) in [7, 11) is -2.43. The van der Waals surface area contributed by atoms with Gasteiger partial charge in [0, 0.05) is 12.7 Å². The molecule has 0 saturated carbocycles. The quantitative estimate of drug-likeness (QED) is 0.807. The van der Waals surface area contributed by atoms with Crippen LogP contribution in [0.15, 0.2) is 47.4 Å². The van der Waals surface area contributed by atoms with Gasteiger partial charge in [-0.3, -0.25) is 10.3 Å². The third-order valence-corrected chi connectivity index (χ3v) is 6.97. The Bertz CT molecular complexity index is 959. The number of sulfonamides is 1. The number of aromatic nitrogens is 1. The van der Waals surface area contributed by atoms with Crippen LogP contribution in [0.2, 0.25) is 0 Å². The lowest BCUT2D eigenvalue weighted by Crippen LogP contribution is -2.58. The van der Waals surface area contributed by atoms with Crippen LogP contribution in [-0.4, -0.2) is 48.4 Å². The van der Waals surface area contributed by atoms with Crippen LogP contribution in [0.1, 0.15) is 23.4 Å². The molecule has 0 radical (unpaired) electrons. The van der Waals surface area contributed by atoms with Crippen molar-refractivity contribution in [3.63, 3.8) is 0 Å². The third kappa shape index (κ3) is 3.24. The zero-order valence-corrected chi connectivity index (χ0v) is 16.3. The number of pyridine rings is 1. The van der Waals surface area contributed by atoms with Crippen molar-refractivity contribution in [2.75, 3.05) is 13.6 Å². The number of aryl methyl sites for hydroxylation is 2. The Balaban J connectivity index is 2.08. The van der Waals surface area contributed by atoms with Gasteiger partial charge in [-0.15, -0.1) is 0 Å². The predicted octanol–water partition coefficient (Wildman–Crippen LogP) is 1.66. The van der Waals surface area contributed by atoms with Gasteiger partial charge in [-0.25, -0.2) is 13.2 Å². The zero-order chi connectivity index (χ0) is 19.8. The summed E-state index contributed by atoms with van der Waals surface area (Å²) in [4.78, 5) is 16.9. The van der Waals surface area contributed by atoms with Crippen molar-refractivity contribution < 1.29 is 18.3 Å². The topological polar surface area (TPSA) is 99.6 Å². The monoisotopic (exact) mass is 389 g/mol. The molecule has 1 fully saturated rings. The van der Waals surface area contributed by atoms with Crippen LogP contribution < -0.4 is 5.32 Å². The normalized spacial score (nSPS) is 22.9. The van der Waals surface area contributed by atoms with E-state index in [-0.39, 0.29) is 4.90 Å². The molecule has 2 N–H and O–H groups in total. The van der Waals surface area contributed by atoms with Crippen LogP contribution in [0.5, 0.6) is 0 Å². The van der Waals surface area contributed by atoms with Gasteiger partial charge in [0.15, 0.2) is 5.54 Å². The first-order valence-electron chi connectivity index (χ1n) is 8.67. The van der Waals surface area contributed by atoms with Crippen LogP contribution in [-0.2, 0) is 20.4 Å². The highest BCUT2D eigenvalue weighted by molar-refractivity contribution is 7.89. The maximum atomic E-state index is 13.1. The van der Waals surface area contributed by atoms with Crippen molar-refractivity contribution in [3.8, 4) is 0 Å². The van der Waals surface area contributed by atoms with Crippen molar-refractivity contribution in [3.05, 3.63) is 59.4 Å². The highest BCUT2D eigenvalue weighted by Crippen LogP contribution is 2.36. The van der Waals surface area contributed by atoms with Crippen molar-refractivity contribution in [2.24, 2.45) is 0 Å². The molecule has 3 rings (SSSR count). The van der Waals surface area contributed by atoms with E-state index < -0.39 is 27.6 Å². The van der Waals surface area contributed by atoms with Gasteiger partial charge in [-0.1, -0.05) is 23.8 Å². The van der Waals surface area contributed by atoms with E-state index in [1.165, 1.54) is 19.2 Å². The minimum Gasteiger partial charge on any atom is -0.480 e. The molecular formula is C19H23N3O4S. The van der Waals surface area contributed by atoms with Crippen LogP contribution in [0, 0.1) is 13.8 Å². The fraction of sp³-hybridized carbons (Fsp3) is 0.368. The van der Waals surface area contributed by atoms with Crippen molar-refractivity contribution in [2.45, 2.75) is 36.7 Å². The number of nitrogens with one attached hydrogen (secondary N) is 1. The third-order valence-electron chi connectivity index (χ3n) is 5.09.